The molecule has 0 radical (unpaired) electrons. The molecule has 0 saturated carbocycles. The number of halogens is 2. The maximum atomic E-state index is 12.8. The summed E-state index contributed by atoms with van der Waals surface area (Å²) in [7, 11) is 0. The number of carbonyl (C=O) groups excluding carboxylic acids is 1. The molecule has 0 aliphatic rings. The highest BCUT2D eigenvalue weighted by Gasteiger charge is 2.39. The molecule has 4 nitrogen and oxygen atoms in total. The number of nitrogens with two attached hydrogens (primary N) is 1. The van der Waals surface area contributed by atoms with E-state index in [1.165, 1.54) is 5.43 Å². The van der Waals surface area contributed by atoms with E-state index in [2.05, 4.69) is 10.6 Å². The summed E-state index contributed by atoms with van der Waals surface area (Å²) in [6, 6.07) is 8.32. The number of benzene rings is 1. The smallest absolute Gasteiger partial charge is 0.308 e. The van der Waals surface area contributed by atoms with Crippen LogP contribution in [0.3, 0.4) is 0 Å². The van der Waals surface area contributed by atoms with E-state index in [4.69, 9.17) is 0 Å². The summed E-state index contributed by atoms with van der Waals surface area (Å²) in [4.78, 5) is 10.5. The molecule has 0 aromatic heterocycles. The third-order valence-corrected chi connectivity index (χ3v) is 1.66. The van der Waals surface area contributed by atoms with Crippen molar-refractivity contribution < 1.29 is 18.3 Å². The third-order valence-electron chi connectivity index (χ3n) is 1.66. The molecule has 0 bridgehead atoms. The molecule has 0 aliphatic heterocycles. The van der Waals surface area contributed by atoms with Crippen molar-refractivity contribution in [1.29, 1.82) is 0 Å². The lowest BCUT2D eigenvalue weighted by atomic mass is 10.2. The molecule has 1 aromatic rings. The van der Waals surface area contributed by atoms with Crippen LogP contribution in [-0.4, -0.2) is 12.0 Å². The second-order valence-electron chi connectivity index (χ2n) is 2.76. The minimum atomic E-state index is -3.91. The highest BCUT2D eigenvalue weighted by atomic mass is 19.3. The number of nitrogens with one attached hydrogen (secondary N) is 1. The van der Waals surface area contributed by atoms with Gasteiger partial charge >= 0.3 is 12.0 Å². The average molecular weight is 216 g/mol. The van der Waals surface area contributed by atoms with E-state index in [1.807, 2.05) is 0 Å². The zero-order valence-corrected chi connectivity index (χ0v) is 7.74. The molecule has 6 heteroatoms. The Bertz CT molecular complexity index is 330. The van der Waals surface area contributed by atoms with Gasteiger partial charge in [-0.25, -0.2) is 5.84 Å². The average Bonchev–Trinajstić information content (AvgIpc) is 2.27. The van der Waals surface area contributed by atoms with Crippen LogP contribution in [0.2, 0.25) is 0 Å². The van der Waals surface area contributed by atoms with E-state index in [9.17, 15) is 13.6 Å². The fraction of sp³-hybridized carbons (Fsp3) is 0.222. The van der Waals surface area contributed by atoms with Crippen molar-refractivity contribution in [2.45, 2.75) is 12.7 Å². The van der Waals surface area contributed by atoms with Crippen LogP contribution in [-0.2, 0) is 16.1 Å². The monoisotopic (exact) mass is 216 g/mol. The van der Waals surface area contributed by atoms with E-state index >= 15 is 0 Å². The predicted molar refractivity (Wildman–Crippen MR) is 48.5 cm³/mol. The Labute approximate surface area is 85.0 Å². The summed E-state index contributed by atoms with van der Waals surface area (Å²) < 4.78 is 29.7. The Morgan fingerprint density at radius 1 is 1.40 bits per heavy atom. The largest absolute Gasteiger partial charge is 0.438 e. The van der Waals surface area contributed by atoms with E-state index in [0.717, 1.165) is 0 Å². The number of alkyl halides is 2. The van der Waals surface area contributed by atoms with Gasteiger partial charge in [0.25, 0.3) is 0 Å². The first-order chi connectivity index (χ1) is 7.06. The van der Waals surface area contributed by atoms with Gasteiger partial charge in [-0.2, -0.15) is 8.78 Å². The Morgan fingerprint density at radius 2 is 2.00 bits per heavy atom. The number of carbonyl (C=O) groups is 1. The van der Waals surface area contributed by atoms with Crippen molar-refractivity contribution in [2.24, 2.45) is 5.84 Å². The summed E-state index contributed by atoms with van der Waals surface area (Å²) in [5.74, 6) is 2.90. The highest BCUT2D eigenvalue weighted by molar-refractivity contribution is 5.81. The maximum Gasteiger partial charge on any atom is 0.438 e. The number of amides is 1. The molecular formula is C9H10F2N2O2. The molecule has 0 heterocycles. The summed E-state index contributed by atoms with van der Waals surface area (Å²) in [5.41, 5.74) is 1.87. The van der Waals surface area contributed by atoms with Crippen LogP contribution in [0.1, 0.15) is 5.56 Å². The number of ether oxygens (including phenoxy) is 1. The zero-order chi connectivity index (χ0) is 11.3. The van der Waals surface area contributed by atoms with Crippen molar-refractivity contribution >= 4 is 5.91 Å². The standard InChI is InChI=1S/C9H10F2N2O2/c10-9(11,8(14)13-12)15-6-7-4-2-1-3-5-7/h1-5H,6,12H2,(H,13,14). The molecule has 3 N–H and O–H groups in total. The molecular weight excluding hydrogens is 206 g/mol. The van der Waals surface area contributed by atoms with E-state index in [-0.39, 0.29) is 6.61 Å². The Morgan fingerprint density at radius 3 is 2.53 bits per heavy atom. The minimum Gasteiger partial charge on any atom is -0.308 e. The summed E-state index contributed by atoms with van der Waals surface area (Å²) >= 11 is 0. The molecule has 0 aliphatic carbocycles. The second kappa shape index (κ2) is 4.81. The summed E-state index contributed by atoms with van der Waals surface area (Å²) in [6.07, 6.45) is -3.91. The first-order valence-electron chi connectivity index (χ1n) is 4.13. The first kappa shape index (κ1) is 11.5. The van der Waals surface area contributed by atoms with Crippen molar-refractivity contribution in [1.82, 2.24) is 5.43 Å². The Balaban J connectivity index is 2.53. The fourth-order valence-electron chi connectivity index (χ4n) is 0.898. The summed E-state index contributed by atoms with van der Waals surface area (Å²) in [6.45, 7) is -0.360. The molecule has 82 valence electrons. The van der Waals surface area contributed by atoms with Crippen LogP contribution < -0.4 is 11.3 Å². The van der Waals surface area contributed by atoms with Gasteiger partial charge in [-0.05, 0) is 5.56 Å². The molecule has 15 heavy (non-hydrogen) atoms. The fourth-order valence-corrected chi connectivity index (χ4v) is 0.898. The van der Waals surface area contributed by atoms with Crippen molar-refractivity contribution in [2.75, 3.05) is 0 Å². The van der Waals surface area contributed by atoms with Crippen LogP contribution in [0, 0.1) is 0 Å². The van der Waals surface area contributed by atoms with E-state index < -0.39 is 12.0 Å². The van der Waals surface area contributed by atoms with Crippen molar-refractivity contribution in [3.63, 3.8) is 0 Å². The van der Waals surface area contributed by atoms with Gasteiger partial charge in [-0.15, -0.1) is 0 Å². The van der Waals surface area contributed by atoms with Gasteiger partial charge in [0, 0.05) is 0 Å². The lowest BCUT2D eigenvalue weighted by molar-refractivity contribution is -0.236. The number of hydrogen-bond donors (Lipinski definition) is 2. The molecule has 1 aromatic carbocycles. The van der Waals surface area contributed by atoms with Crippen LogP contribution in [0.4, 0.5) is 8.78 Å². The topological polar surface area (TPSA) is 64.3 Å². The van der Waals surface area contributed by atoms with Gasteiger partial charge in [0.05, 0.1) is 6.61 Å². The molecule has 0 spiro atoms. The Kier molecular flexibility index (Phi) is 3.70. The van der Waals surface area contributed by atoms with Gasteiger partial charge < -0.3 is 4.74 Å². The van der Waals surface area contributed by atoms with Gasteiger partial charge in [0.1, 0.15) is 0 Å². The summed E-state index contributed by atoms with van der Waals surface area (Å²) in [5, 5.41) is 0. The number of rotatable bonds is 4. The van der Waals surface area contributed by atoms with E-state index in [0.29, 0.717) is 5.56 Å². The molecule has 1 amide bonds. The molecule has 0 unspecified atom stereocenters. The number of hydrazine groups is 1. The van der Waals surface area contributed by atoms with Crippen LogP contribution in [0.15, 0.2) is 30.3 Å². The highest BCUT2D eigenvalue weighted by Crippen LogP contribution is 2.17. The lowest BCUT2D eigenvalue weighted by Gasteiger charge is -2.14. The Hall–Kier alpha value is -1.53. The minimum absolute atomic E-state index is 0.360. The predicted octanol–water partition coefficient (Wildman–Crippen LogP) is 0.786. The molecule has 1 rings (SSSR count). The third kappa shape index (κ3) is 3.26. The quantitative estimate of drug-likeness (QED) is 0.444. The van der Waals surface area contributed by atoms with Gasteiger partial charge in [-0.3, -0.25) is 10.2 Å². The second-order valence-corrected chi connectivity index (χ2v) is 2.76. The molecule has 0 saturated heterocycles. The van der Waals surface area contributed by atoms with Crippen LogP contribution in [0.5, 0.6) is 0 Å². The molecule has 0 atom stereocenters. The number of hydrogen-bond acceptors (Lipinski definition) is 3. The van der Waals surface area contributed by atoms with E-state index in [1.54, 1.807) is 30.3 Å². The van der Waals surface area contributed by atoms with Crippen LogP contribution >= 0.6 is 0 Å². The van der Waals surface area contributed by atoms with Crippen LogP contribution in [0.25, 0.3) is 0 Å². The SMILES string of the molecule is NNC(=O)C(F)(F)OCc1ccccc1. The lowest BCUT2D eigenvalue weighted by Crippen LogP contribution is -2.45. The first-order valence-corrected chi connectivity index (χ1v) is 4.13. The maximum absolute atomic E-state index is 12.8. The van der Waals surface area contributed by atoms with Crippen molar-refractivity contribution in [3.05, 3.63) is 35.9 Å². The van der Waals surface area contributed by atoms with Gasteiger partial charge in [0.2, 0.25) is 0 Å². The van der Waals surface area contributed by atoms with Gasteiger partial charge in [-0.1, -0.05) is 30.3 Å². The molecule has 0 fully saturated rings. The zero-order valence-electron chi connectivity index (χ0n) is 7.74. The van der Waals surface area contributed by atoms with Gasteiger partial charge in [0.15, 0.2) is 0 Å². The van der Waals surface area contributed by atoms with Crippen molar-refractivity contribution in [3.8, 4) is 0 Å². The normalized spacial score (nSPS) is 11.1.